The van der Waals surface area contributed by atoms with Gasteiger partial charge < -0.3 is 9.47 Å². The zero-order valence-electron chi connectivity index (χ0n) is 31.5. The minimum atomic E-state index is 0.203. The second-order valence-corrected chi connectivity index (χ2v) is 14.1. The number of nitrogens with zero attached hydrogens (tertiary/aromatic N) is 10. The molecule has 0 unspecified atom stereocenters. The number of imidazole rings is 4. The fourth-order valence-electron chi connectivity index (χ4n) is 6.88. The van der Waals surface area contributed by atoms with Gasteiger partial charge >= 0.3 is 0 Å². The molecule has 0 N–H and O–H groups in total. The lowest BCUT2D eigenvalue weighted by Gasteiger charge is -2.20. The molecule has 0 aliphatic heterocycles. The van der Waals surface area contributed by atoms with Gasteiger partial charge in [-0.15, -0.1) is 0 Å². The van der Waals surface area contributed by atoms with Crippen molar-refractivity contribution in [2.45, 2.75) is 40.0 Å². The van der Waals surface area contributed by atoms with Crippen LogP contribution in [0.1, 0.15) is 44.5 Å². The average molecular weight is 721 g/mol. The molecule has 0 amide bonds. The van der Waals surface area contributed by atoms with Crippen LogP contribution in [0.25, 0.3) is 0 Å². The molecule has 0 aliphatic rings. The van der Waals surface area contributed by atoms with E-state index in [1.54, 1.807) is 12.1 Å². The Morgan fingerprint density at radius 3 is 0.981 bits per heavy atom. The van der Waals surface area contributed by atoms with E-state index in [2.05, 4.69) is 68.5 Å². The molecular weight excluding hydrogens is 677 g/mol. The highest BCUT2D eigenvalue weighted by Crippen LogP contribution is 2.42. The summed E-state index contributed by atoms with van der Waals surface area (Å²) in [6.45, 7) is 6.38. The van der Waals surface area contributed by atoms with E-state index in [4.69, 9.17) is 9.47 Å². The summed E-state index contributed by atoms with van der Waals surface area (Å²) in [5.41, 5.74) is 6.45. The molecule has 0 saturated carbocycles. The van der Waals surface area contributed by atoms with E-state index in [0.29, 0.717) is 49.2 Å². The summed E-state index contributed by atoms with van der Waals surface area (Å²) in [4.78, 5) is 0. The highest BCUT2D eigenvalue weighted by Gasteiger charge is 2.24. The first-order valence-corrected chi connectivity index (χ1v) is 17.7. The van der Waals surface area contributed by atoms with Crippen LogP contribution >= 0.6 is 0 Å². The first-order valence-electron chi connectivity index (χ1n) is 17.7. The van der Waals surface area contributed by atoms with E-state index < -0.39 is 0 Å². The Hall–Kier alpha value is -6.92. The number of ether oxygens (including phenoxy) is 2. The smallest absolute Gasteiger partial charge is 0.243 e. The van der Waals surface area contributed by atoms with Crippen molar-refractivity contribution in [3.8, 4) is 35.1 Å². The molecule has 12 heteroatoms. The van der Waals surface area contributed by atoms with Crippen molar-refractivity contribution in [2.24, 2.45) is 28.2 Å². The van der Waals surface area contributed by atoms with Crippen LogP contribution in [0.5, 0.6) is 23.0 Å². The Balaban J connectivity index is 1.38. The van der Waals surface area contributed by atoms with Crippen molar-refractivity contribution in [2.75, 3.05) is 0 Å². The average Bonchev–Trinajstić information content (AvgIpc) is 3.94. The van der Waals surface area contributed by atoms with Crippen LogP contribution in [0.3, 0.4) is 0 Å². The maximum atomic E-state index is 10.2. The number of aryl methyl sites for hydroxylation is 6. The molecule has 54 heavy (non-hydrogen) atoms. The number of aromatic nitrogens is 8. The molecule has 0 spiro atoms. The lowest BCUT2D eigenvalue weighted by Crippen LogP contribution is -2.24. The van der Waals surface area contributed by atoms with Crippen LogP contribution in [-0.2, 0) is 54.4 Å². The van der Waals surface area contributed by atoms with Crippen molar-refractivity contribution in [1.29, 1.82) is 10.5 Å². The molecule has 0 atom stereocenters. The largest absolute Gasteiger partial charge is 0.452 e. The molecule has 7 aromatic rings. The minimum Gasteiger partial charge on any atom is -0.452 e. The van der Waals surface area contributed by atoms with Crippen LogP contribution in [-0.4, -0.2) is 18.3 Å². The molecule has 270 valence electrons. The van der Waals surface area contributed by atoms with Gasteiger partial charge in [-0.3, -0.25) is 0 Å². The zero-order valence-corrected chi connectivity index (χ0v) is 31.5. The molecule has 4 heterocycles. The minimum absolute atomic E-state index is 0.203. The standard InChI is InChI=1S/C42H44N10O2/c1-31-15-35(23-49-11-7-45(3)27-49)41(36(16-31)24-50-12-8-46(4)28-50)53-39-19-33(21-43)34(22-44)20-40(39)54-42-37(25-51-13-9-47(5)29-51)17-32(2)18-38(42)26-52-14-10-48(6)30-52/h7-20,27-30H,23-26H2,1-6H3/q+4. The first kappa shape index (κ1) is 35.5. The van der Waals surface area contributed by atoms with Crippen molar-refractivity contribution in [1.82, 2.24) is 18.3 Å². The lowest BCUT2D eigenvalue weighted by atomic mass is 10.0. The van der Waals surface area contributed by atoms with E-state index in [9.17, 15) is 10.5 Å². The maximum Gasteiger partial charge on any atom is 0.243 e. The third-order valence-electron chi connectivity index (χ3n) is 9.23. The van der Waals surface area contributed by atoms with Crippen LogP contribution in [0.2, 0.25) is 0 Å². The summed E-state index contributed by atoms with van der Waals surface area (Å²) in [7, 11) is 7.97. The topological polar surface area (TPSA) is 101 Å². The maximum absolute atomic E-state index is 10.2. The molecule has 7 rings (SSSR count). The number of nitriles is 2. The summed E-state index contributed by atoms with van der Waals surface area (Å²) in [5, 5.41) is 20.4. The van der Waals surface area contributed by atoms with E-state index in [-0.39, 0.29) is 11.1 Å². The summed E-state index contributed by atoms with van der Waals surface area (Å²) in [6.07, 6.45) is 24.2. The van der Waals surface area contributed by atoms with Crippen LogP contribution in [0.15, 0.2) is 111 Å². The molecule has 3 aromatic carbocycles. The Kier molecular flexibility index (Phi) is 9.84. The molecule has 0 saturated heterocycles. The second-order valence-electron chi connectivity index (χ2n) is 14.1. The van der Waals surface area contributed by atoms with Gasteiger partial charge in [-0.2, -0.15) is 10.5 Å². The molecule has 12 nitrogen and oxygen atoms in total. The van der Waals surface area contributed by atoms with Crippen molar-refractivity contribution in [3.05, 3.63) is 156 Å². The van der Waals surface area contributed by atoms with E-state index in [1.807, 2.05) is 121 Å². The van der Waals surface area contributed by atoms with E-state index in [1.165, 1.54) is 0 Å². The van der Waals surface area contributed by atoms with Gasteiger partial charge in [0.25, 0.3) is 0 Å². The SMILES string of the molecule is Cc1cc(Cn2cc[n+](C)c2)c(Oc2cc(C#N)c(C#N)cc2Oc2c(Cn3cc[n+](C)c3)cc(C)cc2Cn2cc[n+](C)c2)c(Cn2cc[n+](C)c2)c1. The molecule has 4 aromatic heterocycles. The van der Waals surface area contributed by atoms with Crippen molar-refractivity contribution >= 4 is 0 Å². The molecule has 0 radical (unpaired) electrons. The normalized spacial score (nSPS) is 11.0. The molecule has 0 bridgehead atoms. The molecule has 0 fully saturated rings. The van der Waals surface area contributed by atoms with Crippen LogP contribution < -0.4 is 27.7 Å². The fourth-order valence-corrected chi connectivity index (χ4v) is 6.88. The monoisotopic (exact) mass is 720 g/mol. The summed E-state index contributed by atoms with van der Waals surface area (Å²) < 4.78 is 30.4. The Morgan fingerprint density at radius 1 is 0.481 bits per heavy atom. The van der Waals surface area contributed by atoms with E-state index in [0.717, 1.165) is 33.4 Å². The predicted octanol–water partition coefficient (Wildman–Crippen LogP) is 4.33. The van der Waals surface area contributed by atoms with Gasteiger partial charge in [0.2, 0.25) is 25.3 Å². The highest BCUT2D eigenvalue weighted by atomic mass is 16.5. The predicted molar refractivity (Wildman–Crippen MR) is 197 cm³/mol. The van der Waals surface area contributed by atoms with Crippen LogP contribution in [0.4, 0.5) is 0 Å². The highest BCUT2D eigenvalue weighted by molar-refractivity contribution is 5.60. The number of hydrogen-bond acceptors (Lipinski definition) is 4. The molecular formula is C42H44N10O2+4. The van der Waals surface area contributed by atoms with Crippen molar-refractivity contribution in [3.63, 3.8) is 0 Å². The Bertz CT molecular complexity index is 2270. The third kappa shape index (κ3) is 7.93. The second kappa shape index (κ2) is 15.0. The van der Waals surface area contributed by atoms with Crippen molar-refractivity contribution < 1.29 is 27.7 Å². The fraction of sp³-hybridized carbons (Fsp3) is 0.238. The van der Waals surface area contributed by atoms with Gasteiger partial charge in [0.05, 0.1) is 39.3 Å². The third-order valence-corrected chi connectivity index (χ3v) is 9.23. The number of benzene rings is 3. The van der Waals surface area contributed by atoms with Gasteiger partial charge in [0.15, 0.2) is 11.5 Å². The first-order chi connectivity index (χ1) is 26.0. The number of hydrogen-bond donors (Lipinski definition) is 0. The number of rotatable bonds is 12. The summed E-state index contributed by atoms with van der Waals surface area (Å²) in [6, 6.07) is 16.2. The Morgan fingerprint density at radius 2 is 0.759 bits per heavy atom. The van der Waals surface area contributed by atoms with Gasteiger partial charge in [-0.25, -0.2) is 36.5 Å². The van der Waals surface area contributed by atoms with Gasteiger partial charge in [-0.05, 0) is 38.1 Å². The van der Waals surface area contributed by atoms with Crippen LogP contribution in [0, 0.1) is 36.5 Å². The summed E-state index contributed by atoms with van der Waals surface area (Å²) in [5.74, 6) is 2.00. The van der Waals surface area contributed by atoms with E-state index >= 15 is 0 Å². The zero-order chi connectivity index (χ0) is 37.9. The lowest BCUT2D eigenvalue weighted by molar-refractivity contribution is -0.671. The van der Waals surface area contributed by atoms with Gasteiger partial charge in [0, 0.05) is 34.4 Å². The quantitative estimate of drug-likeness (QED) is 0.176. The summed E-state index contributed by atoms with van der Waals surface area (Å²) >= 11 is 0. The van der Waals surface area contributed by atoms with Gasteiger partial charge in [-0.1, -0.05) is 11.1 Å². The molecule has 0 aliphatic carbocycles. The Labute approximate surface area is 315 Å². The van der Waals surface area contributed by atoms with Gasteiger partial charge in [0.1, 0.15) is 99.4 Å².